The fourth-order valence-corrected chi connectivity index (χ4v) is 4.77. The van der Waals surface area contributed by atoms with Crippen LogP contribution >= 0.6 is 0 Å². The van der Waals surface area contributed by atoms with Crippen LogP contribution < -0.4 is 0 Å². The third-order valence-electron chi connectivity index (χ3n) is 6.14. The first-order chi connectivity index (χ1) is 14.4. The molecule has 2 unspecified atom stereocenters. The normalized spacial score (nSPS) is 22.2. The number of hydrogen-bond acceptors (Lipinski definition) is 3. The van der Waals surface area contributed by atoms with Gasteiger partial charge in [-0.05, 0) is 42.7 Å². The highest BCUT2D eigenvalue weighted by atomic mass is 16.2. The minimum absolute atomic E-state index is 0.146. The Morgan fingerprint density at radius 2 is 1.50 bits per heavy atom. The summed E-state index contributed by atoms with van der Waals surface area (Å²) < 4.78 is 0. The van der Waals surface area contributed by atoms with Crippen molar-refractivity contribution < 1.29 is 9.59 Å². The van der Waals surface area contributed by atoms with Gasteiger partial charge in [-0.1, -0.05) is 74.0 Å². The molecular weight excluding hydrogens is 372 g/mol. The molecule has 2 aliphatic rings. The van der Waals surface area contributed by atoms with Gasteiger partial charge in [0.1, 0.15) is 5.70 Å². The largest absolute Gasteiger partial charge is 0.366 e. The number of rotatable bonds is 5. The van der Waals surface area contributed by atoms with E-state index < -0.39 is 0 Å². The van der Waals surface area contributed by atoms with Gasteiger partial charge >= 0.3 is 0 Å². The quantitative estimate of drug-likeness (QED) is 0.701. The second-order valence-corrected chi connectivity index (χ2v) is 8.94. The van der Waals surface area contributed by atoms with Crippen LogP contribution in [0, 0.1) is 18.8 Å². The third-order valence-corrected chi connectivity index (χ3v) is 6.14. The summed E-state index contributed by atoms with van der Waals surface area (Å²) in [7, 11) is 0. The summed E-state index contributed by atoms with van der Waals surface area (Å²) in [6.07, 6.45) is 1.82. The summed E-state index contributed by atoms with van der Waals surface area (Å²) in [4.78, 5) is 30.6. The molecule has 2 heterocycles. The van der Waals surface area contributed by atoms with Crippen molar-refractivity contribution in [3.05, 3.63) is 77.0 Å². The lowest BCUT2D eigenvalue weighted by Gasteiger charge is -2.37. The summed E-state index contributed by atoms with van der Waals surface area (Å²) in [5.41, 5.74) is 4.26. The number of imide groups is 1. The first kappa shape index (κ1) is 20.4. The van der Waals surface area contributed by atoms with Gasteiger partial charge in [-0.3, -0.25) is 14.5 Å². The number of amides is 2. The molecule has 0 N–H and O–H groups in total. The van der Waals surface area contributed by atoms with Crippen molar-refractivity contribution in [3.8, 4) is 0 Å². The molecule has 2 amide bonds. The van der Waals surface area contributed by atoms with E-state index in [4.69, 9.17) is 0 Å². The monoisotopic (exact) mass is 402 g/mol. The number of likely N-dealkylation sites (tertiary alicyclic amines) is 1. The highest BCUT2D eigenvalue weighted by molar-refractivity contribution is 6.35. The van der Waals surface area contributed by atoms with E-state index in [0.717, 1.165) is 36.2 Å². The van der Waals surface area contributed by atoms with Crippen LogP contribution in [-0.4, -0.2) is 41.2 Å². The topological polar surface area (TPSA) is 40.6 Å². The molecule has 2 aromatic carbocycles. The Hall–Kier alpha value is -2.88. The molecule has 0 radical (unpaired) electrons. The Kier molecular flexibility index (Phi) is 5.76. The number of aryl methyl sites for hydroxylation is 1. The lowest BCUT2D eigenvalue weighted by atomic mass is 9.91. The fraction of sp³-hybridized carbons (Fsp3) is 0.385. The van der Waals surface area contributed by atoms with Crippen LogP contribution in [0.1, 0.15) is 37.0 Å². The zero-order valence-electron chi connectivity index (χ0n) is 18.1. The minimum Gasteiger partial charge on any atom is -0.366 e. The number of carbonyl (C=O) groups is 2. The molecule has 4 rings (SSSR count). The summed E-state index contributed by atoms with van der Waals surface area (Å²) in [5, 5.41) is 0. The molecule has 2 atom stereocenters. The van der Waals surface area contributed by atoms with Crippen molar-refractivity contribution in [3.63, 3.8) is 0 Å². The van der Waals surface area contributed by atoms with E-state index >= 15 is 0 Å². The maximum Gasteiger partial charge on any atom is 0.277 e. The maximum atomic E-state index is 13.5. The van der Waals surface area contributed by atoms with Gasteiger partial charge in [0, 0.05) is 19.6 Å². The second-order valence-electron chi connectivity index (χ2n) is 8.94. The molecule has 0 aliphatic carbocycles. The van der Waals surface area contributed by atoms with Gasteiger partial charge in [0.25, 0.3) is 11.8 Å². The van der Waals surface area contributed by atoms with Crippen LogP contribution in [-0.2, 0) is 16.0 Å². The molecular formula is C26H30N2O2. The van der Waals surface area contributed by atoms with Gasteiger partial charge in [-0.25, -0.2) is 0 Å². The Morgan fingerprint density at radius 1 is 0.867 bits per heavy atom. The first-order valence-corrected chi connectivity index (χ1v) is 10.9. The third kappa shape index (κ3) is 4.04. The highest BCUT2D eigenvalue weighted by Gasteiger charge is 2.42. The maximum absolute atomic E-state index is 13.5. The number of carbonyl (C=O) groups excluding carboxylic acids is 2. The van der Waals surface area contributed by atoms with E-state index in [1.807, 2.05) is 61.5 Å². The molecule has 0 saturated carbocycles. The smallest absolute Gasteiger partial charge is 0.277 e. The van der Waals surface area contributed by atoms with Gasteiger partial charge in [0.2, 0.25) is 0 Å². The molecule has 4 heteroatoms. The van der Waals surface area contributed by atoms with Crippen molar-refractivity contribution >= 4 is 17.4 Å². The van der Waals surface area contributed by atoms with Crippen LogP contribution in [0.2, 0.25) is 0 Å². The predicted molar refractivity (Wildman–Crippen MR) is 119 cm³/mol. The Morgan fingerprint density at radius 3 is 2.13 bits per heavy atom. The highest BCUT2D eigenvalue weighted by Crippen LogP contribution is 2.35. The Labute approximate surface area is 179 Å². The van der Waals surface area contributed by atoms with Crippen molar-refractivity contribution in [2.45, 2.75) is 33.6 Å². The molecule has 0 aromatic heterocycles. The summed E-state index contributed by atoms with van der Waals surface area (Å²) in [6.45, 7) is 8.52. The first-order valence-electron chi connectivity index (χ1n) is 10.9. The number of piperidine rings is 1. The zero-order valence-corrected chi connectivity index (χ0v) is 18.1. The molecule has 2 aliphatic heterocycles. The molecule has 0 bridgehead atoms. The summed E-state index contributed by atoms with van der Waals surface area (Å²) in [5.74, 6) is 0.692. The fourth-order valence-electron chi connectivity index (χ4n) is 4.77. The number of hydrogen-bond donors (Lipinski definition) is 0. The lowest BCUT2D eigenvalue weighted by molar-refractivity contribution is -0.137. The zero-order chi connectivity index (χ0) is 21.3. The van der Waals surface area contributed by atoms with Crippen LogP contribution in [0.15, 0.2) is 60.3 Å². The van der Waals surface area contributed by atoms with Crippen molar-refractivity contribution in [2.24, 2.45) is 11.8 Å². The number of benzene rings is 2. The van der Waals surface area contributed by atoms with Gasteiger partial charge in [0.05, 0.1) is 5.57 Å². The molecule has 4 nitrogen and oxygen atoms in total. The average molecular weight is 403 g/mol. The van der Waals surface area contributed by atoms with Crippen LogP contribution in [0.25, 0.3) is 5.57 Å². The molecule has 2 aromatic rings. The van der Waals surface area contributed by atoms with E-state index in [1.165, 1.54) is 4.90 Å². The van der Waals surface area contributed by atoms with E-state index in [1.54, 1.807) is 0 Å². The lowest BCUT2D eigenvalue weighted by Crippen LogP contribution is -2.42. The van der Waals surface area contributed by atoms with Gasteiger partial charge in [-0.2, -0.15) is 0 Å². The molecule has 1 saturated heterocycles. The van der Waals surface area contributed by atoms with E-state index in [2.05, 4.69) is 18.7 Å². The molecule has 156 valence electrons. The number of nitrogens with zero attached hydrogens (tertiary/aromatic N) is 2. The Balaban J connectivity index is 1.68. The average Bonchev–Trinajstić information content (AvgIpc) is 2.97. The van der Waals surface area contributed by atoms with Crippen LogP contribution in [0.3, 0.4) is 0 Å². The van der Waals surface area contributed by atoms with Crippen molar-refractivity contribution in [1.29, 1.82) is 0 Å². The van der Waals surface area contributed by atoms with Gasteiger partial charge in [0.15, 0.2) is 0 Å². The van der Waals surface area contributed by atoms with E-state index in [9.17, 15) is 9.59 Å². The van der Waals surface area contributed by atoms with E-state index in [-0.39, 0.29) is 11.8 Å². The van der Waals surface area contributed by atoms with Crippen molar-refractivity contribution in [2.75, 3.05) is 19.6 Å². The molecule has 0 spiro atoms. The minimum atomic E-state index is -0.166. The summed E-state index contributed by atoms with van der Waals surface area (Å²) >= 11 is 0. The van der Waals surface area contributed by atoms with Gasteiger partial charge in [-0.15, -0.1) is 0 Å². The molecule has 1 fully saturated rings. The predicted octanol–water partition coefficient (Wildman–Crippen LogP) is 4.30. The van der Waals surface area contributed by atoms with Crippen LogP contribution in [0.4, 0.5) is 0 Å². The Bertz CT molecular complexity index is 952. The second kappa shape index (κ2) is 8.47. The van der Waals surface area contributed by atoms with Crippen LogP contribution in [0.5, 0.6) is 0 Å². The molecule has 30 heavy (non-hydrogen) atoms. The van der Waals surface area contributed by atoms with Crippen molar-refractivity contribution in [1.82, 2.24) is 9.80 Å². The van der Waals surface area contributed by atoms with Gasteiger partial charge < -0.3 is 4.90 Å². The SMILES string of the molecule is Cc1ccc(C2=C(N3CC(C)CC(C)C3)C(=O)N(CCc3ccccc3)C2=O)cc1. The standard InChI is InChI=1S/C26H30N2O2/c1-18-9-11-22(12-10-18)23-24(27-16-19(2)15-20(3)17-27)26(30)28(25(23)29)14-13-21-7-5-4-6-8-21/h4-12,19-20H,13-17H2,1-3H3. The van der Waals surface area contributed by atoms with E-state index in [0.29, 0.717) is 36.1 Å². The summed E-state index contributed by atoms with van der Waals surface area (Å²) in [6, 6.07) is 18.0.